The van der Waals surface area contributed by atoms with Crippen LogP contribution >= 0.6 is 0 Å². The van der Waals surface area contributed by atoms with Gasteiger partial charge in [-0.05, 0) is 12.1 Å². The molecule has 3 N–H and O–H groups in total. The molecule has 0 heterocycles. The fraction of sp³-hybridized carbons (Fsp3) is 0.125. The van der Waals surface area contributed by atoms with Gasteiger partial charge in [0.25, 0.3) is 5.91 Å². The molecule has 0 aliphatic rings. The second-order valence-electron chi connectivity index (χ2n) is 2.34. The summed E-state index contributed by atoms with van der Waals surface area (Å²) in [6.45, 7) is 0. The van der Waals surface area contributed by atoms with Crippen LogP contribution in [0.3, 0.4) is 0 Å². The van der Waals surface area contributed by atoms with E-state index in [0.717, 1.165) is 6.07 Å². The number of hydrogen-bond acceptors (Lipinski definition) is 3. The topological polar surface area (TPSA) is 69.6 Å². The number of hydrogen-bond donors (Lipinski definition) is 3. The summed E-state index contributed by atoms with van der Waals surface area (Å²) in [7, 11) is 0. The second kappa shape index (κ2) is 3.97. The highest BCUT2D eigenvalue weighted by atomic mass is 19.1. The predicted octanol–water partition coefficient (Wildman–Crippen LogP) is 0.0749. The number of carbonyl (C=O) groups is 1. The quantitative estimate of drug-likeness (QED) is 0.571. The van der Waals surface area contributed by atoms with Crippen LogP contribution in [0.5, 0.6) is 0 Å². The van der Waals surface area contributed by atoms with E-state index in [0.29, 0.717) is 0 Å². The molecule has 1 aromatic carbocycles. The van der Waals surface area contributed by atoms with Crippen LogP contribution in [0, 0.1) is 5.82 Å². The van der Waals surface area contributed by atoms with Crippen molar-refractivity contribution in [2.45, 2.75) is 6.29 Å². The van der Waals surface area contributed by atoms with Crippen molar-refractivity contribution in [3.8, 4) is 0 Å². The van der Waals surface area contributed by atoms with Crippen LogP contribution in [0.15, 0.2) is 24.3 Å². The van der Waals surface area contributed by atoms with Crippen LogP contribution < -0.4 is 5.32 Å². The SMILES string of the molecule is O=C(Nc1ccccc1F)C(O)O. The van der Waals surface area contributed by atoms with E-state index >= 15 is 0 Å². The number of carbonyl (C=O) groups excluding carboxylic acids is 1. The van der Waals surface area contributed by atoms with Gasteiger partial charge in [0.05, 0.1) is 5.69 Å². The second-order valence-corrected chi connectivity index (χ2v) is 2.34. The van der Waals surface area contributed by atoms with E-state index in [4.69, 9.17) is 10.2 Å². The first-order valence-corrected chi connectivity index (χ1v) is 3.53. The lowest BCUT2D eigenvalue weighted by atomic mass is 10.3. The molecular weight excluding hydrogens is 177 g/mol. The monoisotopic (exact) mass is 185 g/mol. The Morgan fingerprint density at radius 1 is 1.38 bits per heavy atom. The Morgan fingerprint density at radius 3 is 2.54 bits per heavy atom. The maximum Gasteiger partial charge on any atom is 0.281 e. The highest BCUT2D eigenvalue weighted by Crippen LogP contribution is 2.12. The van der Waals surface area contributed by atoms with Crippen molar-refractivity contribution in [1.29, 1.82) is 0 Å². The summed E-state index contributed by atoms with van der Waals surface area (Å²) in [5.41, 5.74) is -0.0828. The fourth-order valence-electron chi connectivity index (χ4n) is 0.760. The van der Waals surface area contributed by atoms with Gasteiger partial charge in [0.2, 0.25) is 6.29 Å². The zero-order chi connectivity index (χ0) is 9.84. The molecule has 0 aliphatic carbocycles. The Bertz CT molecular complexity index is 314. The van der Waals surface area contributed by atoms with Crippen LogP contribution in [-0.2, 0) is 4.79 Å². The van der Waals surface area contributed by atoms with Gasteiger partial charge in [-0.1, -0.05) is 12.1 Å². The molecule has 0 spiro atoms. The number of aliphatic hydroxyl groups is 2. The van der Waals surface area contributed by atoms with Crippen molar-refractivity contribution in [2.75, 3.05) is 5.32 Å². The highest BCUT2D eigenvalue weighted by Gasteiger charge is 2.12. The van der Waals surface area contributed by atoms with Crippen LogP contribution in [0.25, 0.3) is 0 Å². The van der Waals surface area contributed by atoms with E-state index in [1.54, 1.807) is 0 Å². The van der Waals surface area contributed by atoms with Crippen LogP contribution in [0.2, 0.25) is 0 Å². The van der Waals surface area contributed by atoms with Crippen LogP contribution in [0.4, 0.5) is 10.1 Å². The van der Waals surface area contributed by atoms with Crippen molar-refractivity contribution >= 4 is 11.6 Å². The maximum absolute atomic E-state index is 12.8. The van der Waals surface area contributed by atoms with E-state index in [-0.39, 0.29) is 5.69 Å². The molecule has 0 saturated heterocycles. The van der Waals surface area contributed by atoms with Crippen molar-refractivity contribution in [2.24, 2.45) is 0 Å². The lowest BCUT2D eigenvalue weighted by Gasteiger charge is -2.06. The molecule has 0 aromatic heterocycles. The van der Waals surface area contributed by atoms with E-state index in [9.17, 15) is 9.18 Å². The van der Waals surface area contributed by atoms with Gasteiger partial charge in [0, 0.05) is 0 Å². The molecule has 0 aliphatic heterocycles. The van der Waals surface area contributed by atoms with Gasteiger partial charge in [-0.25, -0.2) is 4.39 Å². The molecule has 1 amide bonds. The molecule has 0 unspecified atom stereocenters. The predicted molar refractivity (Wildman–Crippen MR) is 43.3 cm³/mol. The van der Waals surface area contributed by atoms with Crippen LogP contribution in [0.1, 0.15) is 0 Å². The molecular formula is C8H8FNO3. The minimum atomic E-state index is -2.14. The van der Waals surface area contributed by atoms with Crippen molar-refractivity contribution in [3.05, 3.63) is 30.1 Å². The van der Waals surface area contributed by atoms with Crippen LogP contribution in [-0.4, -0.2) is 22.4 Å². The molecule has 70 valence electrons. The summed E-state index contributed by atoms with van der Waals surface area (Å²) in [5.74, 6) is -1.69. The standard InChI is InChI=1S/C8H8FNO3/c9-5-3-1-2-4-6(5)10-7(11)8(12)13/h1-4,8,12-13H,(H,10,11). The maximum atomic E-state index is 12.8. The molecule has 0 fully saturated rings. The van der Waals surface area contributed by atoms with Gasteiger partial charge >= 0.3 is 0 Å². The summed E-state index contributed by atoms with van der Waals surface area (Å²) in [6, 6.07) is 5.44. The molecule has 0 radical (unpaired) electrons. The van der Waals surface area contributed by atoms with E-state index in [1.807, 2.05) is 5.32 Å². The lowest BCUT2D eigenvalue weighted by molar-refractivity contribution is -0.141. The Kier molecular flexibility index (Phi) is 2.94. The summed E-state index contributed by atoms with van der Waals surface area (Å²) in [5, 5.41) is 18.8. The van der Waals surface area contributed by atoms with Gasteiger partial charge in [-0.15, -0.1) is 0 Å². The minimum absolute atomic E-state index is 0.0828. The molecule has 1 aromatic rings. The Morgan fingerprint density at radius 2 is 2.00 bits per heavy atom. The number of rotatable bonds is 2. The molecule has 13 heavy (non-hydrogen) atoms. The molecule has 0 atom stereocenters. The van der Waals surface area contributed by atoms with Crippen molar-refractivity contribution in [3.63, 3.8) is 0 Å². The summed E-state index contributed by atoms with van der Waals surface area (Å²) in [4.78, 5) is 10.7. The first kappa shape index (κ1) is 9.63. The highest BCUT2D eigenvalue weighted by molar-refractivity contribution is 5.92. The third-order valence-electron chi connectivity index (χ3n) is 1.37. The first-order valence-electron chi connectivity index (χ1n) is 3.53. The number of nitrogens with one attached hydrogen (secondary N) is 1. The van der Waals surface area contributed by atoms with E-state index < -0.39 is 18.0 Å². The van der Waals surface area contributed by atoms with E-state index in [2.05, 4.69) is 0 Å². The molecule has 4 nitrogen and oxygen atoms in total. The van der Waals surface area contributed by atoms with E-state index in [1.165, 1.54) is 18.2 Å². The van der Waals surface area contributed by atoms with Gasteiger partial charge in [0.1, 0.15) is 5.82 Å². The average Bonchev–Trinajstić information content (AvgIpc) is 2.08. The molecule has 0 bridgehead atoms. The van der Waals surface area contributed by atoms with Gasteiger partial charge in [-0.2, -0.15) is 0 Å². The Hall–Kier alpha value is -1.46. The fourth-order valence-corrected chi connectivity index (χ4v) is 0.760. The van der Waals surface area contributed by atoms with Gasteiger partial charge in [-0.3, -0.25) is 4.79 Å². The van der Waals surface area contributed by atoms with Crippen molar-refractivity contribution < 1.29 is 19.4 Å². The summed E-state index contributed by atoms with van der Waals surface area (Å²) in [6.07, 6.45) is -2.14. The molecule has 1 rings (SSSR count). The number of anilines is 1. The molecule has 5 heteroatoms. The zero-order valence-electron chi connectivity index (χ0n) is 6.57. The third-order valence-corrected chi connectivity index (χ3v) is 1.37. The smallest absolute Gasteiger partial charge is 0.281 e. The zero-order valence-corrected chi connectivity index (χ0v) is 6.57. The molecule has 0 saturated carbocycles. The summed E-state index contributed by atoms with van der Waals surface area (Å²) >= 11 is 0. The largest absolute Gasteiger partial charge is 0.361 e. The Balaban J connectivity index is 2.75. The normalized spacial score (nSPS) is 10.2. The first-order chi connectivity index (χ1) is 6.11. The number of para-hydroxylation sites is 1. The number of amides is 1. The summed E-state index contributed by atoms with van der Waals surface area (Å²) < 4.78 is 12.8. The third kappa shape index (κ3) is 2.50. The lowest BCUT2D eigenvalue weighted by Crippen LogP contribution is -2.27. The average molecular weight is 185 g/mol. The van der Waals surface area contributed by atoms with Crippen molar-refractivity contribution in [1.82, 2.24) is 0 Å². The number of benzene rings is 1. The Labute approximate surface area is 73.6 Å². The number of halogens is 1. The van der Waals surface area contributed by atoms with Gasteiger partial charge in [0.15, 0.2) is 0 Å². The van der Waals surface area contributed by atoms with Gasteiger partial charge < -0.3 is 15.5 Å². The minimum Gasteiger partial charge on any atom is -0.361 e. The number of aliphatic hydroxyl groups excluding tert-OH is 1.